The van der Waals surface area contributed by atoms with E-state index in [9.17, 15) is 4.79 Å². The van der Waals surface area contributed by atoms with Gasteiger partial charge in [0.2, 0.25) is 8.32 Å². The Hall–Kier alpha value is -1.37. The molecule has 162 valence electrons. The fraction of sp³-hybridized carbons (Fsp3) is 0.696. The minimum Gasteiger partial charge on any atom is -0.497 e. The van der Waals surface area contributed by atoms with Crippen LogP contribution in [0.4, 0.5) is 5.69 Å². The highest BCUT2D eigenvalue weighted by atomic mass is 28.4. The van der Waals surface area contributed by atoms with Gasteiger partial charge in [0.1, 0.15) is 11.9 Å². The molecule has 3 rings (SSSR count). The van der Waals surface area contributed by atoms with Gasteiger partial charge in [-0.1, -0.05) is 48.5 Å². The summed E-state index contributed by atoms with van der Waals surface area (Å²) in [4.78, 5) is 15.3. The number of anilines is 1. The molecular formula is C23H37NO4Si. The monoisotopic (exact) mass is 419 g/mol. The number of methoxy groups -OCH3 is 1. The Bertz CT molecular complexity index is 705. The Labute approximate surface area is 176 Å². The van der Waals surface area contributed by atoms with Crippen molar-refractivity contribution in [2.75, 3.05) is 25.2 Å². The lowest BCUT2D eigenvalue weighted by molar-refractivity contribution is -0.166. The number of benzene rings is 1. The van der Waals surface area contributed by atoms with Crippen LogP contribution in [0.15, 0.2) is 24.3 Å². The van der Waals surface area contributed by atoms with Gasteiger partial charge in [-0.05, 0) is 40.9 Å². The zero-order chi connectivity index (χ0) is 21.6. The number of hydrogen-bond acceptors (Lipinski definition) is 4. The first-order chi connectivity index (χ1) is 13.6. The molecule has 2 aliphatic rings. The van der Waals surface area contributed by atoms with E-state index in [-0.39, 0.29) is 23.5 Å². The molecule has 29 heavy (non-hydrogen) atoms. The van der Waals surface area contributed by atoms with Crippen molar-refractivity contribution < 1.29 is 18.7 Å². The summed E-state index contributed by atoms with van der Waals surface area (Å²) < 4.78 is 17.8. The molecule has 5 nitrogen and oxygen atoms in total. The molecule has 6 heteroatoms. The van der Waals surface area contributed by atoms with Gasteiger partial charge in [-0.15, -0.1) is 0 Å². The molecule has 1 aromatic carbocycles. The van der Waals surface area contributed by atoms with Crippen molar-refractivity contribution in [1.29, 1.82) is 0 Å². The van der Waals surface area contributed by atoms with Gasteiger partial charge in [0.15, 0.2) is 0 Å². The van der Waals surface area contributed by atoms with E-state index in [2.05, 4.69) is 48.5 Å². The minimum atomic E-state index is -2.17. The molecule has 2 atom stereocenters. The molecule has 2 aliphatic heterocycles. The first-order valence-corrected chi connectivity index (χ1v) is 12.9. The highest BCUT2D eigenvalue weighted by molar-refractivity contribution is 6.77. The largest absolute Gasteiger partial charge is 0.497 e. The van der Waals surface area contributed by atoms with Crippen LogP contribution in [0.3, 0.4) is 0 Å². The van der Waals surface area contributed by atoms with Crippen molar-refractivity contribution >= 4 is 19.9 Å². The summed E-state index contributed by atoms with van der Waals surface area (Å²) >= 11 is 0. The first-order valence-electron chi connectivity index (χ1n) is 10.8. The summed E-state index contributed by atoms with van der Waals surface area (Å²) in [7, 11) is -0.515. The van der Waals surface area contributed by atoms with Crippen LogP contribution in [0.5, 0.6) is 5.75 Å². The van der Waals surface area contributed by atoms with Crippen LogP contribution in [-0.4, -0.2) is 46.7 Å². The van der Waals surface area contributed by atoms with Gasteiger partial charge in [-0.2, -0.15) is 0 Å². The molecule has 0 radical (unpaired) electrons. The van der Waals surface area contributed by atoms with Gasteiger partial charge < -0.3 is 18.8 Å². The van der Waals surface area contributed by atoms with Crippen LogP contribution in [0, 0.1) is 5.41 Å². The third kappa shape index (κ3) is 3.53. The molecule has 0 aliphatic carbocycles. The lowest BCUT2D eigenvalue weighted by Gasteiger charge is -2.60. The number of ether oxygens (including phenoxy) is 2. The second kappa shape index (κ2) is 8.04. The Morgan fingerprint density at radius 1 is 1.03 bits per heavy atom. The fourth-order valence-corrected chi connectivity index (χ4v) is 11.0. The maximum Gasteiger partial charge on any atom is 0.257 e. The second-order valence-corrected chi connectivity index (χ2v) is 15.3. The van der Waals surface area contributed by atoms with Gasteiger partial charge in [0.05, 0.1) is 26.4 Å². The summed E-state index contributed by atoms with van der Waals surface area (Å²) in [5, 5.41) is 0. The van der Waals surface area contributed by atoms with Crippen LogP contribution in [-0.2, 0) is 14.0 Å². The molecule has 0 spiro atoms. The number of rotatable bonds is 8. The third-order valence-electron chi connectivity index (χ3n) is 7.01. The normalized spacial score (nSPS) is 24.1. The summed E-state index contributed by atoms with van der Waals surface area (Å²) in [6.45, 7) is 17.1. The third-order valence-corrected chi connectivity index (χ3v) is 13.1. The highest BCUT2D eigenvalue weighted by Gasteiger charge is 2.62. The van der Waals surface area contributed by atoms with E-state index in [1.54, 1.807) is 7.11 Å². The molecule has 1 amide bonds. The smallest absolute Gasteiger partial charge is 0.257 e. The number of carbonyl (C=O) groups is 1. The molecule has 2 saturated heterocycles. The van der Waals surface area contributed by atoms with Crippen molar-refractivity contribution in [3.05, 3.63) is 24.3 Å². The topological polar surface area (TPSA) is 48.0 Å². The van der Waals surface area contributed by atoms with Crippen molar-refractivity contribution in [1.82, 2.24) is 0 Å². The maximum atomic E-state index is 13.4. The Morgan fingerprint density at radius 3 is 1.93 bits per heavy atom. The van der Waals surface area contributed by atoms with E-state index in [4.69, 9.17) is 13.9 Å². The molecule has 2 fully saturated rings. The van der Waals surface area contributed by atoms with Crippen molar-refractivity contribution in [2.45, 2.75) is 77.2 Å². The molecule has 0 N–H and O–H groups in total. The van der Waals surface area contributed by atoms with Crippen molar-refractivity contribution in [3.63, 3.8) is 0 Å². The van der Waals surface area contributed by atoms with Gasteiger partial charge in [0, 0.05) is 11.1 Å². The van der Waals surface area contributed by atoms with Crippen LogP contribution in [0.25, 0.3) is 0 Å². The highest BCUT2D eigenvalue weighted by Crippen LogP contribution is 2.49. The quantitative estimate of drug-likeness (QED) is 0.439. The molecule has 0 saturated carbocycles. The standard InChI is InChI=1S/C23H37NO4Si/c1-15(2)29(16(3)4,17(5)6)28-20-21(23(7)13-27-14-23)24(22(20)25)18-9-11-19(26-8)12-10-18/h9-12,15-17,20-21H,13-14H2,1-8H3/t20-,21-/m0/s1. The number of β-lactam (4-membered cyclic amide) rings is 1. The van der Waals surface area contributed by atoms with E-state index >= 15 is 0 Å². The summed E-state index contributed by atoms with van der Waals surface area (Å²) in [6.07, 6.45) is -0.384. The molecule has 0 aromatic heterocycles. The average Bonchev–Trinajstić information content (AvgIpc) is 2.64. The Kier molecular flexibility index (Phi) is 6.19. The second-order valence-electron chi connectivity index (χ2n) is 9.85. The number of amides is 1. The molecule has 2 heterocycles. The Balaban J connectivity index is 1.95. The molecule has 1 aromatic rings. The van der Waals surface area contributed by atoms with Crippen molar-refractivity contribution in [2.24, 2.45) is 5.41 Å². The summed E-state index contributed by atoms with van der Waals surface area (Å²) in [6, 6.07) is 7.73. The van der Waals surface area contributed by atoms with Crippen LogP contribution >= 0.6 is 0 Å². The zero-order valence-electron chi connectivity index (χ0n) is 19.2. The predicted octanol–water partition coefficient (Wildman–Crippen LogP) is 5.01. The average molecular weight is 420 g/mol. The van der Waals surface area contributed by atoms with Crippen LogP contribution < -0.4 is 9.64 Å². The number of carbonyl (C=O) groups excluding carboxylic acids is 1. The van der Waals surface area contributed by atoms with E-state index in [1.807, 2.05) is 29.2 Å². The van der Waals surface area contributed by atoms with Gasteiger partial charge in [-0.3, -0.25) is 4.79 Å². The lowest BCUT2D eigenvalue weighted by Crippen LogP contribution is -2.77. The SMILES string of the molecule is COc1ccc(N2C(=O)[C@@H](O[Si](C(C)C)(C(C)C)C(C)C)[C@H]2C2(C)COC2)cc1. The number of hydrogen-bond donors (Lipinski definition) is 0. The van der Waals surface area contributed by atoms with Gasteiger partial charge in [-0.25, -0.2) is 0 Å². The summed E-state index contributed by atoms with van der Waals surface area (Å²) in [5.41, 5.74) is 2.15. The van der Waals surface area contributed by atoms with E-state index < -0.39 is 8.32 Å². The van der Waals surface area contributed by atoms with E-state index in [0.29, 0.717) is 29.8 Å². The van der Waals surface area contributed by atoms with Gasteiger partial charge >= 0.3 is 0 Å². The van der Waals surface area contributed by atoms with E-state index in [0.717, 1.165) is 11.4 Å². The predicted molar refractivity (Wildman–Crippen MR) is 119 cm³/mol. The van der Waals surface area contributed by atoms with Crippen molar-refractivity contribution in [3.8, 4) is 5.75 Å². The van der Waals surface area contributed by atoms with E-state index in [1.165, 1.54) is 0 Å². The minimum absolute atomic E-state index is 0.000250. The molecular weight excluding hydrogens is 382 g/mol. The fourth-order valence-electron chi connectivity index (χ4n) is 5.51. The Morgan fingerprint density at radius 2 is 1.55 bits per heavy atom. The number of nitrogens with zero attached hydrogens (tertiary/aromatic N) is 1. The summed E-state index contributed by atoms with van der Waals surface area (Å²) in [5.74, 6) is 0.863. The van der Waals surface area contributed by atoms with Gasteiger partial charge in [0.25, 0.3) is 5.91 Å². The van der Waals surface area contributed by atoms with Crippen LogP contribution in [0.2, 0.25) is 16.6 Å². The lowest BCUT2D eigenvalue weighted by atomic mass is 9.72. The maximum absolute atomic E-state index is 13.4. The van der Waals surface area contributed by atoms with Crippen LogP contribution in [0.1, 0.15) is 48.5 Å². The molecule has 0 bridgehead atoms. The zero-order valence-corrected chi connectivity index (χ0v) is 20.2. The first kappa shape index (κ1) is 22.3. The molecule has 0 unspecified atom stereocenters.